The molecule has 1 N–H and O–H groups in total. The van der Waals surface area contributed by atoms with Crippen LogP contribution in [0.25, 0.3) is 5.65 Å². The van der Waals surface area contributed by atoms with E-state index in [1.54, 1.807) is 0 Å². The van der Waals surface area contributed by atoms with Crippen molar-refractivity contribution in [3.63, 3.8) is 0 Å². The second-order valence-electron chi connectivity index (χ2n) is 8.78. The number of nitrogens with one attached hydrogen (secondary N) is 1. The molecule has 2 aromatic rings. The van der Waals surface area contributed by atoms with Crippen molar-refractivity contribution in [1.29, 1.82) is 0 Å². The predicted octanol–water partition coefficient (Wildman–Crippen LogP) is 3.29. The number of hydrogen-bond donors (Lipinski definition) is 1. The van der Waals surface area contributed by atoms with Gasteiger partial charge in [-0.15, -0.1) is 0 Å². The minimum absolute atomic E-state index is 0.101. The van der Waals surface area contributed by atoms with Crippen LogP contribution in [0, 0.1) is 13.8 Å². The first-order valence-electron chi connectivity index (χ1n) is 11.7. The molecule has 4 rings (SSSR count). The van der Waals surface area contributed by atoms with Crippen LogP contribution in [0.5, 0.6) is 0 Å². The summed E-state index contributed by atoms with van der Waals surface area (Å²) in [6.07, 6.45) is 7.79. The summed E-state index contributed by atoms with van der Waals surface area (Å²) in [4.78, 5) is 19.4. The molecule has 31 heavy (non-hydrogen) atoms. The van der Waals surface area contributed by atoms with Crippen LogP contribution >= 0.6 is 0 Å². The second-order valence-corrected chi connectivity index (χ2v) is 8.78. The fourth-order valence-electron chi connectivity index (χ4n) is 4.79. The first-order chi connectivity index (χ1) is 15.1. The zero-order valence-electron chi connectivity index (χ0n) is 19.1. The highest BCUT2D eigenvalue weighted by Crippen LogP contribution is 2.33. The number of aromatic nitrogens is 3. The van der Waals surface area contributed by atoms with Gasteiger partial charge in [0.25, 0.3) is 0 Å². The lowest BCUT2D eigenvalue weighted by Crippen LogP contribution is -2.28. The molecule has 1 fully saturated rings. The molecule has 2 aliphatic rings. The second kappa shape index (κ2) is 9.92. The molecule has 0 radical (unpaired) electrons. The number of amides is 1. The molecule has 0 unspecified atom stereocenters. The van der Waals surface area contributed by atoms with Crippen LogP contribution in [-0.2, 0) is 16.0 Å². The van der Waals surface area contributed by atoms with Gasteiger partial charge in [-0.3, -0.25) is 9.69 Å². The topological polar surface area (TPSA) is 71.8 Å². The van der Waals surface area contributed by atoms with Crippen LogP contribution in [0.1, 0.15) is 67.7 Å². The zero-order valence-corrected chi connectivity index (χ0v) is 19.1. The Kier molecular flexibility index (Phi) is 7.02. The summed E-state index contributed by atoms with van der Waals surface area (Å²) in [5.74, 6) is 0.101. The molecule has 1 saturated heterocycles. The van der Waals surface area contributed by atoms with Gasteiger partial charge in [0.05, 0.1) is 24.9 Å². The summed E-state index contributed by atoms with van der Waals surface area (Å²) in [5, 5.41) is 7.93. The first-order valence-corrected chi connectivity index (χ1v) is 11.7. The number of carbonyl (C=O) groups excluding carboxylic acids is 1. The van der Waals surface area contributed by atoms with E-state index in [0.29, 0.717) is 18.9 Å². The van der Waals surface area contributed by atoms with Gasteiger partial charge in [0.1, 0.15) is 0 Å². The highest BCUT2D eigenvalue weighted by Gasteiger charge is 2.29. The van der Waals surface area contributed by atoms with Crippen LogP contribution < -0.4 is 5.32 Å². The van der Waals surface area contributed by atoms with E-state index in [-0.39, 0.29) is 5.91 Å². The quantitative estimate of drug-likeness (QED) is 0.657. The molecule has 1 atom stereocenters. The molecule has 0 spiro atoms. The molecule has 2 aromatic heterocycles. The molecular weight excluding hydrogens is 390 g/mol. The molecular formula is C24H35N5O2. The standard InChI is InChI=1S/C24H35N5O2/c1-4-11-25-24(30)10-9-20-17(2)26-23-14-21(27-29(23)18(20)3)22-8-5-12-28(22)15-19-7-6-13-31-16-19/h7,14,22H,4-6,8-13,15-16H2,1-3H3,(H,25,30)/t22-/m0/s1. The normalized spacial score (nSPS) is 19.7. The van der Waals surface area contributed by atoms with Crippen LogP contribution in [0.15, 0.2) is 17.7 Å². The molecule has 7 nitrogen and oxygen atoms in total. The van der Waals surface area contributed by atoms with Crippen molar-refractivity contribution in [2.45, 2.75) is 65.3 Å². The van der Waals surface area contributed by atoms with Crippen LogP contribution in [-0.4, -0.2) is 58.3 Å². The van der Waals surface area contributed by atoms with Gasteiger partial charge in [-0.05, 0) is 63.6 Å². The smallest absolute Gasteiger partial charge is 0.220 e. The fraction of sp³-hybridized carbons (Fsp3) is 0.625. The summed E-state index contributed by atoms with van der Waals surface area (Å²) in [7, 11) is 0. The number of rotatable bonds is 8. The number of likely N-dealkylation sites (tertiary alicyclic amines) is 1. The largest absolute Gasteiger partial charge is 0.377 e. The van der Waals surface area contributed by atoms with Crippen molar-refractivity contribution in [1.82, 2.24) is 24.8 Å². The van der Waals surface area contributed by atoms with Crippen LogP contribution in [0.3, 0.4) is 0 Å². The van der Waals surface area contributed by atoms with Gasteiger partial charge in [0.15, 0.2) is 5.65 Å². The molecule has 0 aliphatic carbocycles. The van der Waals surface area contributed by atoms with Crippen molar-refractivity contribution in [2.75, 3.05) is 32.8 Å². The highest BCUT2D eigenvalue weighted by molar-refractivity contribution is 5.76. The van der Waals surface area contributed by atoms with E-state index in [0.717, 1.165) is 80.4 Å². The van der Waals surface area contributed by atoms with E-state index < -0.39 is 0 Å². The summed E-state index contributed by atoms with van der Waals surface area (Å²) in [6.45, 7) is 10.6. The number of carbonyl (C=O) groups is 1. The van der Waals surface area contributed by atoms with E-state index >= 15 is 0 Å². The number of hydrogen-bond acceptors (Lipinski definition) is 5. The lowest BCUT2D eigenvalue weighted by molar-refractivity contribution is -0.121. The Labute approximate surface area is 184 Å². The molecule has 0 saturated carbocycles. The monoisotopic (exact) mass is 425 g/mol. The van der Waals surface area contributed by atoms with Gasteiger partial charge in [0.2, 0.25) is 5.91 Å². The average Bonchev–Trinajstić information content (AvgIpc) is 3.39. The van der Waals surface area contributed by atoms with Gasteiger partial charge < -0.3 is 10.1 Å². The Hall–Kier alpha value is -2.25. The maximum Gasteiger partial charge on any atom is 0.220 e. The van der Waals surface area contributed by atoms with Crippen molar-refractivity contribution in [2.24, 2.45) is 0 Å². The lowest BCUT2D eigenvalue weighted by Gasteiger charge is -2.25. The Morgan fingerprint density at radius 2 is 2.23 bits per heavy atom. The van der Waals surface area contributed by atoms with Crippen molar-refractivity contribution in [3.05, 3.63) is 40.4 Å². The molecule has 4 heterocycles. The van der Waals surface area contributed by atoms with E-state index in [4.69, 9.17) is 14.8 Å². The molecule has 1 amide bonds. The maximum absolute atomic E-state index is 12.1. The van der Waals surface area contributed by atoms with E-state index in [1.165, 1.54) is 12.0 Å². The SMILES string of the molecule is CCCNC(=O)CCc1c(C)nc2cc([C@@H]3CCCN3CC3=CCCOC3)nn2c1C. The third-order valence-corrected chi connectivity index (χ3v) is 6.45. The summed E-state index contributed by atoms with van der Waals surface area (Å²) in [6, 6.07) is 2.47. The molecule has 168 valence electrons. The van der Waals surface area contributed by atoms with Crippen molar-refractivity contribution in [3.8, 4) is 0 Å². The maximum atomic E-state index is 12.1. The Morgan fingerprint density at radius 1 is 1.35 bits per heavy atom. The fourth-order valence-corrected chi connectivity index (χ4v) is 4.79. The number of nitrogens with zero attached hydrogens (tertiary/aromatic N) is 4. The number of fused-ring (bicyclic) bond motifs is 1. The van der Waals surface area contributed by atoms with E-state index in [1.807, 2.05) is 11.4 Å². The third kappa shape index (κ3) is 4.99. The Bertz CT molecular complexity index is 965. The predicted molar refractivity (Wildman–Crippen MR) is 121 cm³/mol. The first kappa shape index (κ1) is 22.0. The van der Waals surface area contributed by atoms with Gasteiger partial charge >= 0.3 is 0 Å². The highest BCUT2D eigenvalue weighted by atomic mass is 16.5. The van der Waals surface area contributed by atoms with Crippen LogP contribution in [0.4, 0.5) is 0 Å². The summed E-state index contributed by atoms with van der Waals surface area (Å²) < 4.78 is 7.60. The lowest BCUT2D eigenvalue weighted by atomic mass is 10.1. The third-order valence-electron chi connectivity index (χ3n) is 6.45. The Balaban J connectivity index is 1.52. The van der Waals surface area contributed by atoms with Gasteiger partial charge in [-0.25, -0.2) is 9.50 Å². The molecule has 0 bridgehead atoms. The molecule has 7 heteroatoms. The number of ether oxygens (including phenoxy) is 1. The van der Waals surface area contributed by atoms with Gasteiger partial charge in [0, 0.05) is 37.0 Å². The molecule has 2 aliphatic heterocycles. The van der Waals surface area contributed by atoms with E-state index in [2.05, 4.69) is 36.2 Å². The summed E-state index contributed by atoms with van der Waals surface area (Å²) >= 11 is 0. The average molecular weight is 426 g/mol. The van der Waals surface area contributed by atoms with Crippen molar-refractivity contribution < 1.29 is 9.53 Å². The van der Waals surface area contributed by atoms with Gasteiger partial charge in [-0.2, -0.15) is 5.10 Å². The van der Waals surface area contributed by atoms with E-state index in [9.17, 15) is 4.79 Å². The van der Waals surface area contributed by atoms with Crippen molar-refractivity contribution >= 4 is 11.6 Å². The zero-order chi connectivity index (χ0) is 21.8. The summed E-state index contributed by atoms with van der Waals surface area (Å²) in [5.41, 5.74) is 6.59. The minimum atomic E-state index is 0.101. The molecule has 0 aromatic carbocycles. The van der Waals surface area contributed by atoms with Gasteiger partial charge in [-0.1, -0.05) is 13.0 Å². The minimum Gasteiger partial charge on any atom is -0.377 e. The Morgan fingerprint density at radius 3 is 3.00 bits per heavy atom. The number of aryl methyl sites for hydroxylation is 2. The van der Waals surface area contributed by atoms with Crippen LogP contribution in [0.2, 0.25) is 0 Å².